The van der Waals surface area contributed by atoms with Gasteiger partial charge >= 0.3 is 15.5 Å². The summed E-state index contributed by atoms with van der Waals surface area (Å²) in [5, 5.41) is 51.3. The van der Waals surface area contributed by atoms with Crippen LogP contribution in [-0.4, -0.2) is 142 Å². The van der Waals surface area contributed by atoms with Crippen LogP contribution in [0.3, 0.4) is 0 Å². The fourth-order valence-corrected chi connectivity index (χ4v) is 8.00. The number of fused-ring (bicyclic) bond motifs is 2. The minimum absolute atomic E-state index is 0.0227. The van der Waals surface area contributed by atoms with Gasteiger partial charge in [0, 0.05) is 5.75 Å². The van der Waals surface area contributed by atoms with E-state index >= 15 is 0 Å². The van der Waals surface area contributed by atoms with Crippen LogP contribution in [0.15, 0.2) is 22.2 Å². The second-order valence-electron chi connectivity index (χ2n) is 14.7. The highest BCUT2D eigenvalue weighted by Gasteiger charge is 2.55. The zero-order chi connectivity index (χ0) is 44.7. The summed E-state index contributed by atoms with van der Waals surface area (Å²) in [6.07, 6.45) is -5.42. The number of H-pyrrole nitrogens is 2. The first-order chi connectivity index (χ1) is 27.7. The molecule has 6 rings (SSSR count). The van der Waals surface area contributed by atoms with E-state index in [9.17, 15) is 49.0 Å². The van der Waals surface area contributed by atoms with E-state index in [1.165, 1.54) is 35.6 Å². The predicted molar refractivity (Wildman–Crippen MR) is 208 cm³/mol. The van der Waals surface area contributed by atoms with Crippen molar-refractivity contribution in [2.24, 2.45) is 16.4 Å². The number of nitrogen functional groups attached to an aromatic ring is 2. The Morgan fingerprint density at radius 2 is 1.32 bits per heavy atom. The molecule has 0 saturated carbocycles. The standard InChI is InChI=1S/C18H29N6O9PS.C11H17N6O7P/c1-17(2,7-25)15(28)35-5-4-31-34(20,30)32-6-9-11(26)18(3,29)14(33-9)24-8-21-10-12(24)22-16(19)23-13(10)27;1-11(20)6(18)4(2-23-25(13,21)22)24-9(11)17-3-14-5-7(17)15-10(12)16-8(5)19/h8-9,11,14,25-26,29H,4-7H2,1-3H3,(H2,20,30)(H3,19,22,23,27);3-4,6,9,18,20H,2H2,1H3,(H3,13,21,22)(H3,12,15,16,19)/t9-,11-,14-,18-,34?;4-,6-,9-,11-/m11/s1. The molecule has 10 atom stereocenters. The normalized spacial score (nSPS) is 29.0. The van der Waals surface area contributed by atoms with Gasteiger partial charge in [0.25, 0.3) is 11.1 Å². The Morgan fingerprint density at radius 1 is 0.883 bits per heavy atom. The smallest absolute Gasteiger partial charge is 0.395 e. The lowest BCUT2D eigenvalue weighted by atomic mass is 9.96. The molecule has 0 aliphatic carbocycles. The van der Waals surface area contributed by atoms with Gasteiger partial charge in [-0.25, -0.2) is 30.1 Å². The summed E-state index contributed by atoms with van der Waals surface area (Å²) in [5.74, 6) is -0.222. The average Bonchev–Trinajstić information content (AvgIpc) is 3.87. The number of aliphatic hydroxyl groups excluding tert-OH is 3. The van der Waals surface area contributed by atoms with Gasteiger partial charge in [-0.3, -0.25) is 47.1 Å². The molecule has 2 aliphatic heterocycles. The first-order valence-corrected chi connectivity index (χ1v) is 21.7. The SMILES string of the molecule is CC(C)(CO)C(=O)SCCOP(N)(=O)OC[C@H]1O[C@@H](n2cnc3c(=O)[nH]c(N)nc32)[C@](C)(O)[C@@H]1O.C[C@@]1(O)[C@H](O)[C@@H](COP(N)(=O)O)O[C@H]1n1cnc2c(=O)[nH]c(N)nc21. The van der Waals surface area contributed by atoms with Gasteiger partial charge in [0.2, 0.25) is 11.9 Å². The summed E-state index contributed by atoms with van der Waals surface area (Å²) in [6, 6.07) is 0. The van der Waals surface area contributed by atoms with E-state index < -0.39 is 93.3 Å². The number of aliphatic hydroxyl groups is 5. The predicted octanol–water partition coefficient (Wildman–Crippen LogP) is -3.12. The van der Waals surface area contributed by atoms with Crippen molar-refractivity contribution in [2.75, 3.05) is 43.6 Å². The topological polar surface area (TPSA) is 450 Å². The van der Waals surface area contributed by atoms with E-state index in [2.05, 4.69) is 34.4 Å². The van der Waals surface area contributed by atoms with Crippen LogP contribution < -0.4 is 33.6 Å². The first-order valence-electron chi connectivity index (χ1n) is 17.5. The fraction of sp³-hybridized carbons (Fsp3) is 0.621. The number of nitrogens with two attached hydrogens (primary N) is 4. The quantitative estimate of drug-likeness (QED) is 0.0440. The van der Waals surface area contributed by atoms with Crippen LogP contribution in [0.2, 0.25) is 0 Å². The molecular weight excluding hydrogens is 866 g/mol. The van der Waals surface area contributed by atoms with Crippen LogP contribution in [0, 0.1) is 5.41 Å². The molecule has 2 unspecified atom stereocenters. The molecule has 2 aliphatic rings. The van der Waals surface area contributed by atoms with Gasteiger partial charge in [0.1, 0.15) is 35.6 Å². The first kappa shape index (κ1) is 47.3. The molecule has 6 heterocycles. The molecule has 2 saturated heterocycles. The number of thioether (sulfide) groups is 1. The number of ether oxygens (including phenoxy) is 2. The van der Waals surface area contributed by atoms with Crippen LogP contribution in [0.25, 0.3) is 22.3 Å². The number of aromatic amines is 2. The van der Waals surface area contributed by atoms with Gasteiger partial charge in [-0.2, -0.15) is 9.97 Å². The van der Waals surface area contributed by atoms with Crippen LogP contribution >= 0.6 is 27.3 Å². The Morgan fingerprint density at radius 3 is 1.73 bits per heavy atom. The number of rotatable bonds is 14. The third-order valence-corrected chi connectivity index (χ3v) is 12.0. The van der Waals surface area contributed by atoms with Gasteiger partial charge < -0.3 is 51.4 Å². The van der Waals surface area contributed by atoms with Crippen molar-refractivity contribution in [1.82, 2.24) is 39.0 Å². The molecular formula is C29H46N12O16P2S. The van der Waals surface area contributed by atoms with Crippen molar-refractivity contribution in [3.63, 3.8) is 0 Å². The highest BCUT2D eigenvalue weighted by Crippen LogP contribution is 2.44. The number of nitrogens with one attached hydrogen (secondary N) is 2. The lowest BCUT2D eigenvalue weighted by Gasteiger charge is -2.27. The van der Waals surface area contributed by atoms with Crippen molar-refractivity contribution in [3.05, 3.63) is 33.4 Å². The molecule has 4 aromatic rings. The molecule has 31 heteroatoms. The summed E-state index contributed by atoms with van der Waals surface area (Å²) in [4.78, 5) is 65.2. The molecule has 0 amide bonds. The number of nitrogens with zero attached hydrogens (tertiary/aromatic N) is 6. The number of hydrogen-bond donors (Lipinski definition) is 12. The van der Waals surface area contributed by atoms with Gasteiger partial charge in [-0.1, -0.05) is 11.8 Å². The monoisotopic (exact) mass is 912 g/mol. The number of carbonyl (C=O) groups is 1. The van der Waals surface area contributed by atoms with Crippen molar-refractivity contribution < 1.29 is 67.4 Å². The largest absolute Gasteiger partial charge is 0.402 e. The van der Waals surface area contributed by atoms with Crippen molar-refractivity contribution in [1.29, 1.82) is 0 Å². The molecule has 0 aromatic carbocycles. The van der Waals surface area contributed by atoms with Crippen LogP contribution in [-0.2, 0) is 37.0 Å². The third kappa shape index (κ3) is 10.1. The van der Waals surface area contributed by atoms with Crippen LogP contribution in [0.1, 0.15) is 40.2 Å². The molecule has 60 heavy (non-hydrogen) atoms. The Bertz CT molecular complexity index is 2420. The van der Waals surface area contributed by atoms with E-state index in [0.717, 1.165) is 11.8 Å². The van der Waals surface area contributed by atoms with Crippen molar-refractivity contribution >= 4 is 66.6 Å². The van der Waals surface area contributed by atoms with Gasteiger partial charge in [-0.05, 0) is 27.7 Å². The van der Waals surface area contributed by atoms with E-state index in [1.807, 2.05) is 0 Å². The van der Waals surface area contributed by atoms with E-state index in [-0.39, 0.29) is 58.3 Å². The maximum absolute atomic E-state index is 12.4. The molecule has 334 valence electrons. The molecule has 0 bridgehead atoms. The van der Waals surface area contributed by atoms with Crippen LogP contribution in [0.5, 0.6) is 0 Å². The third-order valence-electron chi connectivity index (χ3n) is 9.29. The fourth-order valence-electron chi connectivity index (χ4n) is 5.94. The summed E-state index contributed by atoms with van der Waals surface area (Å²) < 4.78 is 51.9. The van der Waals surface area contributed by atoms with Crippen molar-refractivity contribution in [3.8, 4) is 0 Å². The molecule has 28 nitrogen and oxygen atoms in total. The highest BCUT2D eigenvalue weighted by atomic mass is 32.2. The Labute approximate surface area is 341 Å². The Kier molecular flexibility index (Phi) is 13.8. The van der Waals surface area contributed by atoms with E-state index in [1.54, 1.807) is 13.8 Å². The summed E-state index contributed by atoms with van der Waals surface area (Å²) in [7, 11) is -8.38. The summed E-state index contributed by atoms with van der Waals surface area (Å²) >= 11 is 0.892. The van der Waals surface area contributed by atoms with Gasteiger partial charge in [0.05, 0.1) is 44.5 Å². The lowest BCUT2D eigenvalue weighted by molar-refractivity contribution is -0.119. The van der Waals surface area contributed by atoms with Gasteiger partial charge in [-0.15, -0.1) is 0 Å². The summed E-state index contributed by atoms with van der Waals surface area (Å²) in [5.41, 5.74) is 15.7. The Balaban J connectivity index is 0.000000240. The number of anilines is 2. The average molecular weight is 913 g/mol. The summed E-state index contributed by atoms with van der Waals surface area (Å²) in [6.45, 7) is 4.21. The highest BCUT2D eigenvalue weighted by molar-refractivity contribution is 8.13. The lowest BCUT2D eigenvalue weighted by Crippen LogP contribution is -2.44. The molecule has 2 fully saturated rings. The van der Waals surface area contributed by atoms with Crippen LogP contribution in [0.4, 0.5) is 11.9 Å². The number of hydrogen-bond acceptors (Lipinski definition) is 22. The van der Waals surface area contributed by atoms with E-state index in [4.69, 9.17) is 45.9 Å². The number of imidazole rings is 2. The second kappa shape index (κ2) is 17.6. The molecule has 4 aromatic heterocycles. The Hall–Kier alpha value is -3.74. The zero-order valence-corrected chi connectivity index (χ0v) is 34.8. The minimum Gasteiger partial charge on any atom is -0.395 e. The maximum Gasteiger partial charge on any atom is 0.402 e. The molecule has 0 radical (unpaired) electrons. The van der Waals surface area contributed by atoms with Gasteiger partial charge in [0.15, 0.2) is 39.9 Å². The van der Waals surface area contributed by atoms with Crippen molar-refractivity contribution in [2.45, 2.75) is 75.8 Å². The van der Waals surface area contributed by atoms with E-state index in [0.29, 0.717) is 0 Å². The molecule has 0 spiro atoms. The zero-order valence-electron chi connectivity index (χ0n) is 32.2. The molecule has 16 N–H and O–H groups in total. The minimum atomic E-state index is -4.28. The maximum atomic E-state index is 12.4. The number of carbonyl (C=O) groups excluding carboxylic acids is 1. The second-order valence-corrected chi connectivity index (χ2v) is 18.7. The number of aromatic nitrogens is 8.